The maximum atomic E-state index is 12.6. The van der Waals surface area contributed by atoms with Crippen molar-refractivity contribution in [3.63, 3.8) is 0 Å². The monoisotopic (exact) mass is 373 g/mol. The number of rotatable bonds is 5. The third kappa shape index (κ3) is 4.31. The lowest BCUT2D eigenvalue weighted by molar-refractivity contribution is -0.128. The number of hydrogen-bond donors (Lipinski definition) is 1. The van der Waals surface area contributed by atoms with Gasteiger partial charge in [0.2, 0.25) is 0 Å². The smallest absolute Gasteiger partial charge is 0.261 e. The van der Waals surface area contributed by atoms with Crippen LogP contribution in [0.5, 0.6) is 11.5 Å². The highest BCUT2D eigenvalue weighted by molar-refractivity contribution is 6.30. The summed E-state index contributed by atoms with van der Waals surface area (Å²) in [7, 11) is 0. The average Bonchev–Trinajstić information content (AvgIpc) is 2.62. The second-order valence-corrected chi connectivity index (χ2v) is 7.30. The first kappa shape index (κ1) is 18.6. The number of hydrogen-bond acceptors (Lipinski definition) is 3. The van der Waals surface area contributed by atoms with Crippen LogP contribution < -0.4 is 14.8 Å². The van der Waals surface area contributed by atoms with E-state index in [2.05, 4.69) is 19.2 Å². The predicted octanol–water partition coefficient (Wildman–Crippen LogP) is 4.87. The van der Waals surface area contributed by atoms with E-state index in [1.807, 2.05) is 36.4 Å². The molecule has 0 aromatic heterocycles. The second kappa shape index (κ2) is 8.00. The molecule has 0 radical (unpaired) electrons. The minimum absolute atomic E-state index is 0.126. The maximum Gasteiger partial charge on any atom is 0.261 e. The molecule has 2 aromatic carbocycles. The zero-order chi connectivity index (χ0) is 18.7. The lowest BCUT2D eigenvalue weighted by Crippen LogP contribution is -2.40. The van der Waals surface area contributed by atoms with Gasteiger partial charge < -0.3 is 14.8 Å². The second-order valence-electron chi connectivity index (χ2n) is 6.86. The SMILES string of the molecule is CC(Oc1ccc(C(C)C)cc1)C(=O)NC1CCOc2ccc(Cl)cc21. The number of ether oxygens (including phenoxy) is 2. The summed E-state index contributed by atoms with van der Waals surface area (Å²) in [4.78, 5) is 12.6. The lowest BCUT2D eigenvalue weighted by Gasteiger charge is -2.28. The molecule has 0 aliphatic carbocycles. The van der Waals surface area contributed by atoms with E-state index in [4.69, 9.17) is 21.1 Å². The van der Waals surface area contributed by atoms with Crippen LogP contribution in [0.4, 0.5) is 0 Å². The van der Waals surface area contributed by atoms with Crippen molar-refractivity contribution in [1.29, 1.82) is 0 Å². The van der Waals surface area contributed by atoms with Gasteiger partial charge in [0, 0.05) is 17.0 Å². The van der Waals surface area contributed by atoms with Crippen molar-refractivity contribution in [1.82, 2.24) is 5.32 Å². The largest absolute Gasteiger partial charge is 0.493 e. The van der Waals surface area contributed by atoms with Gasteiger partial charge in [-0.05, 0) is 48.7 Å². The Morgan fingerprint density at radius 3 is 2.62 bits per heavy atom. The highest BCUT2D eigenvalue weighted by Crippen LogP contribution is 2.34. The number of nitrogens with one attached hydrogen (secondary N) is 1. The van der Waals surface area contributed by atoms with E-state index in [1.54, 1.807) is 13.0 Å². The van der Waals surface area contributed by atoms with Crippen molar-refractivity contribution < 1.29 is 14.3 Å². The van der Waals surface area contributed by atoms with E-state index in [-0.39, 0.29) is 11.9 Å². The summed E-state index contributed by atoms with van der Waals surface area (Å²) in [6.07, 6.45) is 0.111. The highest BCUT2D eigenvalue weighted by Gasteiger charge is 2.26. The van der Waals surface area contributed by atoms with Crippen LogP contribution in [-0.2, 0) is 4.79 Å². The van der Waals surface area contributed by atoms with Crippen molar-refractivity contribution >= 4 is 17.5 Å². The van der Waals surface area contributed by atoms with Crippen LogP contribution in [0.2, 0.25) is 5.02 Å². The van der Waals surface area contributed by atoms with Crippen LogP contribution in [-0.4, -0.2) is 18.6 Å². The van der Waals surface area contributed by atoms with E-state index < -0.39 is 6.10 Å². The lowest BCUT2D eigenvalue weighted by atomic mass is 10.0. The van der Waals surface area contributed by atoms with Gasteiger partial charge in [-0.15, -0.1) is 0 Å². The van der Waals surface area contributed by atoms with Crippen LogP contribution in [0.3, 0.4) is 0 Å². The molecule has 5 heteroatoms. The molecule has 1 amide bonds. The molecule has 0 saturated carbocycles. The third-order valence-corrected chi connectivity index (χ3v) is 4.79. The Morgan fingerprint density at radius 1 is 1.19 bits per heavy atom. The van der Waals surface area contributed by atoms with Crippen LogP contribution in [0.1, 0.15) is 50.3 Å². The van der Waals surface area contributed by atoms with Gasteiger partial charge >= 0.3 is 0 Å². The zero-order valence-corrected chi connectivity index (χ0v) is 16.0. The molecule has 1 heterocycles. The molecule has 0 bridgehead atoms. The Morgan fingerprint density at radius 2 is 1.92 bits per heavy atom. The predicted molar refractivity (Wildman–Crippen MR) is 103 cm³/mol. The molecule has 2 aromatic rings. The topological polar surface area (TPSA) is 47.6 Å². The first-order chi connectivity index (χ1) is 12.4. The fourth-order valence-corrected chi connectivity index (χ4v) is 3.17. The molecule has 2 unspecified atom stereocenters. The van der Waals surface area contributed by atoms with Gasteiger partial charge in [0.05, 0.1) is 12.6 Å². The number of amides is 1. The van der Waals surface area contributed by atoms with E-state index in [0.29, 0.717) is 29.7 Å². The quantitative estimate of drug-likeness (QED) is 0.813. The van der Waals surface area contributed by atoms with Crippen molar-refractivity contribution in [3.05, 3.63) is 58.6 Å². The third-order valence-electron chi connectivity index (χ3n) is 4.56. The first-order valence-electron chi connectivity index (χ1n) is 8.93. The van der Waals surface area contributed by atoms with E-state index in [9.17, 15) is 4.79 Å². The molecule has 0 spiro atoms. The molecule has 0 fully saturated rings. The summed E-state index contributed by atoms with van der Waals surface area (Å²) in [5.74, 6) is 1.76. The normalized spacial score (nSPS) is 17.2. The number of carbonyl (C=O) groups is 1. The van der Waals surface area contributed by atoms with Crippen molar-refractivity contribution in [3.8, 4) is 11.5 Å². The number of carbonyl (C=O) groups excluding carboxylic acids is 1. The molecule has 3 rings (SSSR count). The van der Waals surface area contributed by atoms with Crippen molar-refractivity contribution in [2.45, 2.75) is 45.3 Å². The molecule has 2 atom stereocenters. The van der Waals surface area contributed by atoms with Crippen LogP contribution in [0, 0.1) is 0 Å². The van der Waals surface area contributed by atoms with Gasteiger partial charge in [0.15, 0.2) is 6.10 Å². The molecule has 1 N–H and O–H groups in total. The number of benzene rings is 2. The summed E-state index contributed by atoms with van der Waals surface area (Å²) in [6.45, 7) is 6.60. The highest BCUT2D eigenvalue weighted by atomic mass is 35.5. The van der Waals surface area contributed by atoms with Gasteiger partial charge in [-0.25, -0.2) is 0 Å². The fourth-order valence-electron chi connectivity index (χ4n) is 2.99. The van der Waals surface area contributed by atoms with Gasteiger partial charge in [0.25, 0.3) is 5.91 Å². The number of fused-ring (bicyclic) bond motifs is 1. The summed E-state index contributed by atoms with van der Waals surface area (Å²) < 4.78 is 11.4. The molecular weight excluding hydrogens is 350 g/mol. The fraction of sp³-hybridized carbons (Fsp3) is 0.381. The van der Waals surface area contributed by atoms with Gasteiger partial charge in [0.1, 0.15) is 11.5 Å². The molecular formula is C21H24ClNO3. The molecule has 4 nitrogen and oxygen atoms in total. The van der Waals surface area contributed by atoms with Crippen molar-refractivity contribution in [2.24, 2.45) is 0 Å². The van der Waals surface area contributed by atoms with Crippen LogP contribution in [0.15, 0.2) is 42.5 Å². The molecule has 1 aliphatic rings. The molecule has 138 valence electrons. The standard InChI is InChI=1S/C21H24ClNO3/c1-13(2)15-4-7-17(8-5-15)26-14(3)21(24)23-19-10-11-25-20-9-6-16(22)12-18(19)20/h4-9,12-14,19H,10-11H2,1-3H3,(H,23,24). The molecule has 1 aliphatic heterocycles. The summed E-state index contributed by atoms with van der Waals surface area (Å²) in [5, 5.41) is 3.68. The Bertz CT molecular complexity index is 773. The van der Waals surface area contributed by atoms with Crippen LogP contribution >= 0.6 is 11.6 Å². The van der Waals surface area contributed by atoms with Gasteiger partial charge in [-0.2, -0.15) is 0 Å². The Balaban J connectivity index is 1.64. The van der Waals surface area contributed by atoms with E-state index in [1.165, 1.54) is 5.56 Å². The molecule has 26 heavy (non-hydrogen) atoms. The minimum atomic E-state index is -0.592. The maximum absolute atomic E-state index is 12.6. The summed E-state index contributed by atoms with van der Waals surface area (Å²) in [6, 6.07) is 13.2. The number of halogens is 1. The van der Waals surface area contributed by atoms with E-state index in [0.717, 1.165) is 11.3 Å². The minimum Gasteiger partial charge on any atom is -0.493 e. The Hall–Kier alpha value is -2.20. The van der Waals surface area contributed by atoms with Crippen LogP contribution in [0.25, 0.3) is 0 Å². The summed E-state index contributed by atoms with van der Waals surface area (Å²) >= 11 is 6.09. The molecule has 0 saturated heterocycles. The van der Waals surface area contributed by atoms with Gasteiger partial charge in [-0.3, -0.25) is 4.79 Å². The van der Waals surface area contributed by atoms with E-state index >= 15 is 0 Å². The first-order valence-corrected chi connectivity index (χ1v) is 9.31. The zero-order valence-electron chi connectivity index (χ0n) is 15.3. The van der Waals surface area contributed by atoms with Crippen molar-refractivity contribution in [2.75, 3.05) is 6.61 Å². The Labute approximate surface area is 159 Å². The summed E-state index contributed by atoms with van der Waals surface area (Å²) in [5.41, 5.74) is 2.15. The Kier molecular flexibility index (Phi) is 5.72. The average molecular weight is 374 g/mol. The van der Waals surface area contributed by atoms with Gasteiger partial charge in [-0.1, -0.05) is 37.6 Å².